The summed E-state index contributed by atoms with van der Waals surface area (Å²) in [6, 6.07) is 0.361. The Balaban J connectivity index is 2.78. The molecule has 0 saturated heterocycles. The van der Waals surface area contributed by atoms with E-state index in [4.69, 9.17) is 4.74 Å². The normalized spacial score (nSPS) is 8.50. The van der Waals surface area contributed by atoms with Gasteiger partial charge in [0.25, 0.3) is 0 Å². The lowest BCUT2D eigenvalue weighted by molar-refractivity contribution is 0.379. The highest BCUT2D eigenvalue weighted by atomic mass is 79.9. The molecule has 0 radical (unpaired) electrons. The zero-order chi connectivity index (χ0) is 8.81. The van der Waals surface area contributed by atoms with Gasteiger partial charge in [0.2, 0.25) is 0 Å². The molecule has 0 N–H and O–H groups in total. The van der Waals surface area contributed by atoms with Gasteiger partial charge >= 0.3 is 6.01 Å². The Morgan fingerprint density at radius 2 is 2.17 bits per heavy atom. The minimum atomic E-state index is 0.361. The number of halogens is 1. The van der Waals surface area contributed by atoms with E-state index in [0.717, 1.165) is 5.56 Å². The van der Waals surface area contributed by atoms with E-state index in [0.29, 0.717) is 11.3 Å². The van der Waals surface area contributed by atoms with E-state index in [1.807, 2.05) is 0 Å². The Morgan fingerprint density at radius 3 is 2.67 bits per heavy atom. The summed E-state index contributed by atoms with van der Waals surface area (Å²) >= 11 is 3.20. The number of ether oxygens (including phenoxy) is 1. The molecule has 0 aliphatic heterocycles. The molecule has 0 fully saturated rings. The van der Waals surface area contributed by atoms with Crippen molar-refractivity contribution in [1.29, 1.82) is 0 Å². The molecule has 0 aromatic carbocycles. The number of rotatable bonds is 1. The molecule has 3 nitrogen and oxygen atoms in total. The second-order valence-electron chi connectivity index (χ2n) is 1.89. The molecule has 0 atom stereocenters. The molecular weight excluding hydrogens is 220 g/mol. The molecule has 12 heavy (non-hydrogen) atoms. The van der Waals surface area contributed by atoms with Crippen molar-refractivity contribution in [3.63, 3.8) is 0 Å². The lowest BCUT2D eigenvalue weighted by Gasteiger charge is -1.94. The average Bonchev–Trinajstić information content (AvgIpc) is 2.15. The van der Waals surface area contributed by atoms with E-state index in [-0.39, 0.29) is 0 Å². The summed E-state index contributed by atoms with van der Waals surface area (Å²) in [6.07, 6.45) is 3.25. The first-order valence-electron chi connectivity index (χ1n) is 3.27. The fourth-order valence-corrected chi connectivity index (χ4v) is 0.762. The summed E-state index contributed by atoms with van der Waals surface area (Å²) in [5, 5.41) is 0.652. The van der Waals surface area contributed by atoms with Crippen LogP contribution in [-0.4, -0.2) is 22.4 Å². The quantitative estimate of drug-likeness (QED) is 0.534. The Morgan fingerprint density at radius 1 is 1.50 bits per heavy atom. The molecule has 1 rings (SSSR count). The lowest BCUT2D eigenvalue weighted by Crippen LogP contribution is -1.91. The van der Waals surface area contributed by atoms with Crippen LogP contribution in [0.1, 0.15) is 5.56 Å². The molecule has 1 heterocycles. The fourth-order valence-electron chi connectivity index (χ4n) is 0.622. The van der Waals surface area contributed by atoms with Crippen LogP contribution in [0.4, 0.5) is 0 Å². The number of methoxy groups -OCH3 is 1. The topological polar surface area (TPSA) is 35.0 Å². The molecule has 0 spiro atoms. The third-order valence-electron chi connectivity index (χ3n) is 1.11. The second-order valence-corrected chi connectivity index (χ2v) is 2.45. The number of aromatic nitrogens is 2. The number of hydrogen-bond acceptors (Lipinski definition) is 3. The van der Waals surface area contributed by atoms with E-state index in [9.17, 15) is 0 Å². The zero-order valence-electron chi connectivity index (χ0n) is 6.54. The van der Waals surface area contributed by atoms with Crippen molar-refractivity contribution in [2.45, 2.75) is 0 Å². The lowest BCUT2D eigenvalue weighted by atomic mass is 10.3. The van der Waals surface area contributed by atoms with Crippen LogP contribution in [0.15, 0.2) is 12.4 Å². The summed E-state index contributed by atoms with van der Waals surface area (Å²) in [5.74, 6) is 5.72. The maximum atomic E-state index is 4.79. The summed E-state index contributed by atoms with van der Waals surface area (Å²) in [6.45, 7) is 0. The first-order chi connectivity index (χ1) is 5.86. The highest BCUT2D eigenvalue weighted by Gasteiger charge is 1.91. The monoisotopic (exact) mass is 226 g/mol. The van der Waals surface area contributed by atoms with Crippen LogP contribution in [0.3, 0.4) is 0 Å². The van der Waals surface area contributed by atoms with Gasteiger partial charge in [0.05, 0.1) is 18.0 Å². The van der Waals surface area contributed by atoms with Gasteiger partial charge in [-0.2, -0.15) is 0 Å². The SMILES string of the molecule is COc1ncc(C#CCBr)cn1. The summed E-state index contributed by atoms with van der Waals surface area (Å²) in [5.41, 5.74) is 0.787. The Bertz CT molecular complexity index is 299. The zero-order valence-corrected chi connectivity index (χ0v) is 8.13. The van der Waals surface area contributed by atoms with E-state index >= 15 is 0 Å². The predicted octanol–water partition coefficient (Wildman–Crippen LogP) is 1.23. The van der Waals surface area contributed by atoms with Crippen molar-refractivity contribution in [2.75, 3.05) is 12.4 Å². The molecule has 0 aliphatic carbocycles. The van der Waals surface area contributed by atoms with Crippen molar-refractivity contribution in [2.24, 2.45) is 0 Å². The van der Waals surface area contributed by atoms with E-state index in [1.165, 1.54) is 7.11 Å². The maximum absolute atomic E-state index is 4.79. The molecule has 0 amide bonds. The average molecular weight is 227 g/mol. The fraction of sp³-hybridized carbons (Fsp3) is 0.250. The third kappa shape index (κ3) is 2.51. The van der Waals surface area contributed by atoms with Gasteiger partial charge in [-0.15, -0.1) is 0 Å². The van der Waals surface area contributed by atoms with Crippen LogP contribution in [0, 0.1) is 11.8 Å². The first kappa shape index (κ1) is 9.01. The first-order valence-corrected chi connectivity index (χ1v) is 4.40. The minimum Gasteiger partial charge on any atom is -0.467 e. The minimum absolute atomic E-state index is 0.361. The molecular formula is C8H7BrN2O. The molecule has 4 heteroatoms. The highest BCUT2D eigenvalue weighted by molar-refractivity contribution is 9.09. The van der Waals surface area contributed by atoms with E-state index in [1.54, 1.807) is 12.4 Å². The number of alkyl halides is 1. The van der Waals surface area contributed by atoms with Crippen LogP contribution >= 0.6 is 15.9 Å². The Hall–Kier alpha value is -1.08. The number of nitrogens with zero attached hydrogens (tertiary/aromatic N) is 2. The largest absolute Gasteiger partial charge is 0.467 e. The molecule has 1 aromatic rings. The van der Waals surface area contributed by atoms with Gasteiger partial charge in [-0.3, -0.25) is 0 Å². The van der Waals surface area contributed by atoms with Crippen LogP contribution in [0.2, 0.25) is 0 Å². The third-order valence-corrected chi connectivity index (χ3v) is 1.39. The summed E-state index contributed by atoms with van der Waals surface area (Å²) in [7, 11) is 1.53. The smallest absolute Gasteiger partial charge is 0.316 e. The van der Waals surface area contributed by atoms with Gasteiger partial charge in [-0.25, -0.2) is 9.97 Å². The molecule has 0 bridgehead atoms. The van der Waals surface area contributed by atoms with Crippen molar-refractivity contribution in [3.05, 3.63) is 18.0 Å². The summed E-state index contributed by atoms with van der Waals surface area (Å²) < 4.78 is 4.79. The maximum Gasteiger partial charge on any atom is 0.316 e. The van der Waals surface area contributed by atoms with Crippen LogP contribution < -0.4 is 4.74 Å². The second kappa shape index (κ2) is 4.73. The van der Waals surface area contributed by atoms with Gasteiger partial charge in [0.1, 0.15) is 0 Å². The van der Waals surface area contributed by atoms with Gasteiger partial charge in [0.15, 0.2) is 0 Å². The molecule has 0 saturated carbocycles. The van der Waals surface area contributed by atoms with E-state index in [2.05, 4.69) is 37.7 Å². The molecule has 62 valence electrons. The molecule has 0 aliphatic rings. The highest BCUT2D eigenvalue weighted by Crippen LogP contribution is 1.99. The predicted molar refractivity (Wildman–Crippen MR) is 49.3 cm³/mol. The number of hydrogen-bond donors (Lipinski definition) is 0. The Kier molecular flexibility index (Phi) is 3.55. The van der Waals surface area contributed by atoms with Gasteiger partial charge in [-0.1, -0.05) is 27.8 Å². The van der Waals surface area contributed by atoms with Gasteiger partial charge < -0.3 is 4.74 Å². The van der Waals surface area contributed by atoms with Gasteiger partial charge in [-0.05, 0) is 0 Å². The van der Waals surface area contributed by atoms with Crippen molar-refractivity contribution >= 4 is 15.9 Å². The van der Waals surface area contributed by atoms with Crippen LogP contribution in [0.5, 0.6) is 6.01 Å². The van der Waals surface area contributed by atoms with Crippen molar-refractivity contribution in [1.82, 2.24) is 9.97 Å². The standard InChI is InChI=1S/C8H7BrN2O/c1-12-8-10-5-7(6-11-8)3-2-4-9/h5-6H,4H2,1H3. The van der Waals surface area contributed by atoms with Crippen molar-refractivity contribution < 1.29 is 4.74 Å². The van der Waals surface area contributed by atoms with Crippen LogP contribution in [0.25, 0.3) is 0 Å². The molecule has 0 unspecified atom stereocenters. The van der Waals surface area contributed by atoms with E-state index < -0.39 is 0 Å². The van der Waals surface area contributed by atoms with Crippen LogP contribution in [-0.2, 0) is 0 Å². The summed E-state index contributed by atoms with van der Waals surface area (Å²) in [4.78, 5) is 7.80. The Labute approximate surface area is 79.3 Å². The van der Waals surface area contributed by atoms with Crippen molar-refractivity contribution in [3.8, 4) is 17.9 Å². The van der Waals surface area contributed by atoms with Gasteiger partial charge in [0, 0.05) is 12.4 Å². The molecule has 1 aromatic heterocycles.